The van der Waals surface area contributed by atoms with Gasteiger partial charge in [-0.05, 0) is 17.4 Å². The normalized spacial score (nSPS) is 26.7. The standard InChI is InChI=1S/C14H19ClO/c1-13(2)9-14(13,10-15)11-16-8-12-6-4-3-5-7-12/h3-7H,8-11H2,1-2H3. The monoisotopic (exact) mass is 238 g/mol. The van der Waals surface area contributed by atoms with Crippen LogP contribution in [0.2, 0.25) is 0 Å². The summed E-state index contributed by atoms with van der Waals surface area (Å²) in [5.74, 6) is 0.703. The van der Waals surface area contributed by atoms with Crippen LogP contribution in [-0.2, 0) is 11.3 Å². The van der Waals surface area contributed by atoms with Crippen molar-refractivity contribution in [2.75, 3.05) is 12.5 Å². The van der Waals surface area contributed by atoms with Crippen LogP contribution in [0, 0.1) is 10.8 Å². The molecule has 1 saturated carbocycles. The Labute approximate surface area is 103 Å². The minimum atomic E-state index is 0.212. The van der Waals surface area contributed by atoms with Crippen LogP contribution in [0.1, 0.15) is 25.8 Å². The molecule has 2 heteroatoms. The van der Waals surface area contributed by atoms with Crippen LogP contribution in [0.25, 0.3) is 0 Å². The summed E-state index contributed by atoms with van der Waals surface area (Å²) in [7, 11) is 0. The molecule has 0 radical (unpaired) electrons. The van der Waals surface area contributed by atoms with E-state index in [0.29, 0.717) is 17.9 Å². The summed E-state index contributed by atoms with van der Waals surface area (Å²) in [4.78, 5) is 0. The van der Waals surface area contributed by atoms with Gasteiger partial charge in [-0.2, -0.15) is 0 Å². The average Bonchev–Trinajstić information content (AvgIpc) is 2.83. The second kappa shape index (κ2) is 4.38. The maximum atomic E-state index is 6.04. The number of halogens is 1. The van der Waals surface area contributed by atoms with E-state index in [4.69, 9.17) is 16.3 Å². The lowest BCUT2D eigenvalue weighted by molar-refractivity contribution is 0.0727. The molecule has 0 heterocycles. The van der Waals surface area contributed by atoms with Gasteiger partial charge < -0.3 is 4.74 Å². The molecule has 88 valence electrons. The molecule has 1 aliphatic carbocycles. The fraction of sp³-hybridized carbons (Fsp3) is 0.571. The Kier molecular flexibility index (Phi) is 3.27. The van der Waals surface area contributed by atoms with Gasteiger partial charge in [0.05, 0.1) is 13.2 Å². The summed E-state index contributed by atoms with van der Waals surface area (Å²) < 4.78 is 5.79. The third kappa shape index (κ3) is 2.26. The van der Waals surface area contributed by atoms with Gasteiger partial charge in [0.25, 0.3) is 0 Å². The number of rotatable bonds is 5. The molecular weight excluding hydrogens is 220 g/mol. The van der Waals surface area contributed by atoms with Crippen LogP contribution < -0.4 is 0 Å². The second-order valence-corrected chi connectivity index (χ2v) is 5.72. The molecular formula is C14H19ClO. The predicted octanol–water partition coefficient (Wildman–Crippen LogP) is 3.86. The Morgan fingerprint density at radius 2 is 1.88 bits per heavy atom. The molecule has 1 nitrogen and oxygen atoms in total. The quantitative estimate of drug-likeness (QED) is 0.708. The summed E-state index contributed by atoms with van der Waals surface area (Å²) in [5.41, 5.74) is 1.79. The van der Waals surface area contributed by atoms with Gasteiger partial charge in [-0.3, -0.25) is 0 Å². The molecule has 0 amide bonds. The number of hydrogen-bond acceptors (Lipinski definition) is 1. The summed E-state index contributed by atoms with van der Waals surface area (Å²) in [5, 5.41) is 0. The maximum absolute atomic E-state index is 6.04. The summed E-state index contributed by atoms with van der Waals surface area (Å²) in [6.45, 7) is 6.00. The molecule has 16 heavy (non-hydrogen) atoms. The molecule has 1 unspecified atom stereocenters. The first kappa shape index (κ1) is 11.9. The van der Waals surface area contributed by atoms with Crippen molar-refractivity contribution in [1.82, 2.24) is 0 Å². The van der Waals surface area contributed by atoms with Crippen molar-refractivity contribution < 1.29 is 4.74 Å². The van der Waals surface area contributed by atoms with Crippen molar-refractivity contribution in [2.24, 2.45) is 10.8 Å². The van der Waals surface area contributed by atoms with Crippen molar-refractivity contribution >= 4 is 11.6 Å². The number of alkyl halides is 1. The van der Waals surface area contributed by atoms with E-state index in [1.54, 1.807) is 0 Å². The van der Waals surface area contributed by atoms with Crippen molar-refractivity contribution in [1.29, 1.82) is 0 Å². The lowest BCUT2D eigenvalue weighted by Crippen LogP contribution is -2.18. The van der Waals surface area contributed by atoms with Crippen molar-refractivity contribution in [3.8, 4) is 0 Å². The van der Waals surface area contributed by atoms with Gasteiger partial charge in [0.15, 0.2) is 0 Å². The van der Waals surface area contributed by atoms with E-state index in [1.807, 2.05) is 18.2 Å². The Morgan fingerprint density at radius 3 is 2.38 bits per heavy atom. The van der Waals surface area contributed by atoms with E-state index in [1.165, 1.54) is 12.0 Å². The first-order valence-electron chi connectivity index (χ1n) is 5.77. The molecule has 0 bridgehead atoms. The summed E-state index contributed by atoms with van der Waals surface area (Å²) >= 11 is 6.04. The lowest BCUT2D eigenvalue weighted by Gasteiger charge is -2.17. The van der Waals surface area contributed by atoms with Gasteiger partial charge in [0.1, 0.15) is 0 Å². The van der Waals surface area contributed by atoms with Gasteiger partial charge in [0, 0.05) is 11.3 Å². The molecule has 1 aromatic rings. The zero-order valence-corrected chi connectivity index (χ0v) is 10.8. The highest BCUT2D eigenvalue weighted by Crippen LogP contribution is 2.64. The van der Waals surface area contributed by atoms with Gasteiger partial charge in [-0.25, -0.2) is 0 Å². The minimum Gasteiger partial charge on any atom is -0.376 e. The highest BCUT2D eigenvalue weighted by Gasteiger charge is 2.60. The highest BCUT2D eigenvalue weighted by atomic mass is 35.5. The summed E-state index contributed by atoms with van der Waals surface area (Å²) in [6.07, 6.45) is 1.18. The molecule has 2 rings (SSSR count). The smallest absolute Gasteiger partial charge is 0.0717 e. The second-order valence-electron chi connectivity index (χ2n) is 5.45. The lowest BCUT2D eigenvalue weighted by atomic mass is 9.99. The topological polar surface area (TPSA) is 9.23 Å². The van der Waals surface area contributed by atoms with E-state index < -0.39 is 0 Å². The first-order valence-corrected chi connectivity index (χ1v) is 6.31. The molecule has 1 aromatic carbocycles. The largest absolute Gasteiger partial charge is 0.376 e. The molecule has 1 aliphatic rings. The number of hydrogen-bond donors (Lipinski definition) is 0. The Hall–Kier alpha value is -0.530. The molecule has 1 fully saturated rings. The highest BCUT2D eigenvalue weighted by molar-refractivity contribution is 6.18. The fourth-order valence-corrected chi connectivity index (χ4v) is 2.79. The van der Waals surface area contributed by atoms with Crippen molar-refractivity contribution in [3.63, 3.8) is 0 Å². The van der Waals surface area contributed by atoms with Gasteiger partial charge >= 0.3 is 0 Å². The van der Waals surface area contributed by atoms with E-state index >= 15 is 0 Å². The van der Waals surface area contributed by atoms with Gasteiger partial charge in [-0.15, -0.1) is 11.6 Å². The van der Waals surface area contributed by atoms with Gasteiger partial charge in [-0.1, -0.05) is 44.2 Å². The molecule has 1 atom stereocenters. The fourth-order valence-electron chi connectivity index (χ4n) is 2.25. The van der Waals surface area contributed by atoms with Crippen LogP contribution in [-0.4, -0.2) is 12.5 Å². The number of benzene rings is 1. The van der Waals surface area contributed by atoms with Crippen LogP contribution in [0.5, 0.6) is 0 Å². The zero-order chi connectivity index (χ0) is 11.6. The molecule has 0 saturated heterocycles. The van der Waals surface area contributed by atoms with E-state index in [2.05, 4.69) is 26.0 Å². The SMILES string of the molecule is CC1(C)CC1(CCl)COCc1ccccc1. The zero-order valence-electron chi connectivity index (χ0n) is 10.0. The van der Waals surface area contributed by atoms with Crippen LogP contribution >= 0.6 is 11.6 Å². The number of ether oxygens (including phenoxy) is 1. The third-order valence-electron chi connectivity index (χ3n) is 3.84. The minimum absolute atomic E-state index is 0.212. The van der Waals surface area contributed by atoms with E-state index in [-0.39, 0.29) is 5.41 Å². The van der Waals surface area contributed by atoms with Crippen LogP contribution in [0.4, 0.5) is 0 Å². The Morgan fingerprint density at radius 1 is 1.25 bits per heavy atom. The third-order valence-corrected chi connectivity index (χ3v) is 4.35. The molecule has 0 spiro atoms. The van der Waals surface area contributed by atoms with E-state index in [9.17, 15) is 0 Å². The summed E-state index contributed by atoms with van der Waals surface area (Å²) in [6, 6.07) is 10.3. The first-order chi connectivity index (χ1) is 7.60. The molecule has 0 aromatic heterocycles. The Bertz CT molecular complexity index is 347. The predicted molar refractivity (Wildman–Crippen MR) is 67.6 cm³/mol. The van der Waals surface area contributed by atoms with Gasteiger partial charge in [0.2, 0.25) is 0 Å². The molecule has 0 N–H and O–H groups in total. The van der Waals surface area contributed by atoms with Crippen molar-refractivity contribution in [2.45, 2.75) is 26.9 Å². The molecule has 0 aliphatic heterocycles. The van der Waals surface area contributed by atoms with Crippen LogP contribution in [0.3, 0.4) is 0 Å². The van der Waals surface area contributed by atoms with Crippen molar-refractivity contribution in [3.05, 3.63) is 35.9 Å². The average molecular weight is 239 g/mol. The van der Waals surface area contributed by atoms with Crippen LogP contribution in [0.15, 0.2) is 30.3 Å². The maximum Gasteiger partial charge on any atom is 0.0717 e. The Balaban J connectivity index is 1.81. The van der Waals surface area contributed by atoms with E-state index in [0.717, 1.165) is 6.61 Å².